The second-order valence-corrected chi connectivity index (χ2v) is 7.52. The van der Waals surface area contributed by atoms with E-state index in [0.717, 1.165) is 12.1 Å². The zero-order valence-electron chi connectivity index (χ0n) is 17.2. The first kappa shape index (κ1) is 25.6. The number of hydrogen-bond donors (Lipinski definition) is 1. The van der Waals surface area contributed by atoms with Crippen molar-refractivity contribution in [3.05, 3.63) is 46.7 Å². The van der Waals surface area contributed by atoms with Gasteiger partial charge in [0.2, 0.25) is 5.82 Å². The number of halogens is 8. The number of aromatic amines is 1. The number of imidazole rings is 1. The lowest BCUT2D eigenvalue weighted by Gasteiger charge is -2.20. The lowest BCUT2D eigenvalue weighted by molar-refractivity contribution is -0.191. The Morgan fingerprint density at radius 2 is 1.74 bits per heavy atom. The average Bonchev–Trinajstić information content (AvgIpc) is 3.33. The minimum absolute atomic E-state index is 0. The Morgan fingerprint density at radius 3 is 2.38 bits per heavy atom. The van der Waals surface area contributed by atoms with E-state index in [2.05, 4.69) is 24.8 Å². The molecule has 0 aliphatic rings. The van der Waals surface area contributed by atoms with E-state index in [9.17, 15) is 26.3 Å². The van der Waals surface area contributed by atoms with Gasteiger partial charge < -0.3 is 14.2 Å². The van der Waals surface area contributed by atoms with Crippen LogP contribution >= 0.6 is 24.0 Å². The molecule has 4 rings (SSSR count). The largest absolute Gasteiger partial charge is 0.481 e. The van der Waals surface area contributed by atoms with Gasteiger partial charge in [-0.15, -0.1) is 12.4 Å². The number of aromatic nitrogens is 4. The highest BCUT2D eigenvalue weighted by molar-refractivity contribution is 6.35. The molecule has 4 aromatic rings. The Balaban J connectivity index is 0.00000324. The molecule has 2 heterocycles. The van der Waals surface area contributed by atoms with Gasteiger partial charge in [0, 0.05) is 11.1 Å². The van der Waals surface area contributed by atoms with Crippen LogP contribution in [0.1, 0.15) is 18.3 Å². The lowest BCUT2D eigenvalue weighted by Crippen LogP contribution is -2.31. The van der Waals surface area contributed by atoms with Crippen molar-refractivity contribution in [2.75, 3.05) is 0 Å². The van der Waals surface area contributed by atoms with E-state index < -0.39 is 29.8 Å². The summed E-state index contributed by atoms with van der Waals surface area (Å²) in [6.45, 7) is 2.35. The summed E-state index contributed by atoms with van der Waals surface area (Å²) in [7, 11) is 0. The second kappa shape index (κ2) is 8.99. The van der Waals surface area contributed by atoms with Crippen LogP contribution in [0.15, 0.2) is 34.9 Å². The molecule has 1 unspecified atom stereocenters. The van der Waals surface area contributed by atoms with Gasteiger partial charge in [-0.1, -0.05) is 16.8 Å². The summed E-state index contributed by atoms with van der Waals surface area (Å²) in [5.41, 5.74) is -0.0202. The van der Waals surface area contributed by atoms with E-state index in [1.54, 1.807) is 13.0 Å². The second-order valence-electron chi connectivity index (χ2n) is 7.11. The Kier molecular flexibility index (Phi) is 6.78. The molecule has 0 fully saturated rings. The van der Waals surface area contributed by atoms with Crippen LogP contribution in [0.3, 0.4) is 0 Å². The highest BCUT2D eigenvalue weighted by atomic mass is 35.5. The number of aryl methyl sites for hydroxylation is 1. The summed E-state index contributed by atoms with van der Waals surface area (Å²) >= 11 is 6.22. The zero-order valence-corrected chi connectivity index (χ0v) is 18.7. The van der Waals surface area contributed by atoms with Crippen LogP contribution in [-0.2, 0) is 6.18 Å². The van der Waals surface area contributed by atoms with Crippen molar-refractivity contribution in [2.24, 2.45) is 0 Å². The summed E-state index contributed by atoms with van der Waals surface area (Å²) in [5.74, 6) is -0.578. The highest BCUT2D eigenvalue weighted by Crippen LogP contribution is 2.40. The van der Waals surface area contributed by atoms with E-state index >= 15 is 0 Å². The van der Waals surface area contributed by atoms with Crippen molar-refractivity contribution in [1.82, 2.24) is 20.1 Å². The standard InChI is InChI=1S/C20H13ClF6N4O2.ClH/c1-8(19(22,23)24)32-15-4-3-10(5-12(15)20(25,26)27)18-30-17(31-33-18)11-6-13(21)16-14(7-11)28-9(2)29-16;/h3-8H,1-2H3,(H,28,29);1H. The molecule has 0 saturated heterocycles. The fraction of sp³-hybridized carbons (Fsp3) is 0.250. The topological polar surface area (TPSA) is 76.8 Å². The Morgan fingerprint density at radius 1 is 1.03 bits per heavy atom. The first-order chi connectivity index (χ1) is 15.3. The van der Waals surface area contributed by atoms with Crippen molar-refractivity contribution in [1.29, 1.82) is 0 Å². The summed E-state index contributed by atoms with van der Waals surface area (Å²) in [6.07, 6.45) is -12.3. The molecular formula is C20H14Cl2F6N4O2. The maximum Gasteiger partial charge on any atom is 0.425 e. The highest BCUT2D eigenvalue weighted by Gasteiger charge is 2.41. The van der Waals surface area contributed by atoms with Gasteiger partial charge in [0.05, 0.1) is 16.1 Å². The van der Waals surface area contributed by atoms with Gasteiger partial charge >= 0.3 is 12.4 Å². The van der Waals surface area contributed by atoms with Gasteiger partial charge in [-0.3, -0.25) is 0 Å². The zero-order chi connectivity index (χ0) is 24.1. The van der Waals surface area contributed by atoms with Crippen LogP contribution in [0.25, 0.3) is 33.9 Å². The third-order valence-electron chi connectivity index (χ3n) is 4.64. The predicted octanol–water partition coefficient (Wildman–Crippen LogP) is 7.01. The van der Waals surface area contributed by atoms with E-state index in [0.29, 0.717) is 40.4 Å². The number of ether oxygens (including phenoxy) is 1. The van der Waals surface area contributed by atoms with Crippen molar-refractivity contribution in [2.45, 2.75) is 32.3 Å². The Bertz CT molecular complexity index is 1330. The van der Waals surface area contributed by atoms with Crippen LogP contribution in [-0.4, -0.2) is 32.4 Å². The first-order valence-electron chi connectivity index (χ1n) is 9.28. The van der Waals surface area contributed by atoms with Gasteiger partial charge in [0.25, 0.3) is 5.89 Å². The van der Waals surface area contributed by atoms with Gasteiger partial charge in [-0.2, -0.15) is 31.3 Å². The molecular weight excluding hydrogens is 513 g/mol. The third kappa shape index (κ3) is 5.07. The third-order valence-corrected chi connectivity index (χ3v) is 4.93. The van der Waals surface area contributed by atoms with Crippen molar-refractivity contribution in [3.8, 4) is 28.6 Å². The lowest BCUT2D eigenvalue weighted by atomic mass is 10.1. The molecule has 182 valence electrons. The van der Waals surface area contributed by atoms with Gasteiger partial charge in [0.15, 0.2) is 6.10 Å². The van der Waals surface area contributed by atoms with E-state index in [4.69, 9.17) is 16.1 Å². The number of nitrogens with zero attached hydrogens (tertiary/aromatic N) is 3. The molecule has 0 aliphatic carbocycles. The fourth-order valence-corrected chi connectivity index (χ4v) is 3.29. The molecule has 0 aliphatic heterocycles. The number of nitrogens with one attached hydrogen (secondary N) is 1. The minimum atomic E-state index is -4.99. The first-order valence-corrected chi connectivity index (χ1v) is 9.65. The van der Waals surface area contributed by atoms with Crippen LogP contribution < -0.4 is 4.74 Å². The van der Waals surface area contributed by atoms with Gasteiger partial charge in [0.1, 0.15) is 17.1 Å². The monoisotopic (exact) mass is 526 g/mol. The molecule has 1 N–H and O–H groups in total. The molecule has 14 heteroatoms. The minimum Gasteiger partial charge on any atom is -0.481 e. The van der Waals surface area contributed by atoms with Crippen LogP contribution in [0, 0.1) is 6.92 Å². The van der Waals surface area contributed by atoms with Crippen LogP contribution in [0.4, 0.5) is 26.3 Å². The molecule has 6 nitrogen and oxygen atoms in total. The number of fused-ring (bicyclic) bond motifs is 1. The van der Waals surface area contributed by atoms with E-state index in [-0.39, 0.29) is 29.7 Å². The van der Waals surface area contributed by atoms with Crippen molar-refractivity contribution < 1.29 is 35.6 Å². The maximum atomic E-state index is 13.5. The van der Waals surface area contributed by atoms with E-state index in [1.807, 2.05) is 0 Å². The number of alkyl halides is 6. The number of rotatable bonds is 4. The summed E-state index contributed by atoms with van der Waals surface area (Å²) < 4.78 is 88.4. The number of benzene rings is 2. The number of H-pyrrole nitrogens is 1. The molecule has 0 spiro atoms. The molecule has 34 heavy (non-hydrogen) atoms. The predicted molar refractivity (Wildman–Crippen MR) is 113 cm³/mol. The number of hydrogen-bond acceptors (Lipinski definition) is 5. The quantitative estimate of drug-likeness (QED) is 0.289. The average molecular weight is 527 g/mol. The molecule has 2 aromatic heterocycles. The summed E-state index contributed by atoms with van der Waals surface area (Å²) in [4.78, 5) is 11.3. The molecule has 0 bridgehead atoms. The van der Waals surface area contributed by atoms with Crippen LogP contribution in [0.5, 0.6) is 5.75 Å². The van der Waals surface area contributed by atoms with Gasteiger partial charge in [-0.25, -0.2) is 4.98 Å². The summed E-state index contributed by atoms with van der Waals surface area (Å²) in [6, 6.07) is 5.63. The van der Waals surface area contributed by atoms with Gasteiger partial charge in [-0.05, 0) is 44.2 Å². The summed E-state index contributed by atoms with van der Waals surface area (Å²) in [5, 5.41) is 4.08. The van der Waals surface area contributed by atoms with Crippen molar-refractivity contribution >= 4 is 35.0 Å². The Hall–Kier alpha value is -2.99. The smallest absolute Gasteiger partial charge is 0.425 e. The normalized spacial score (nSPS) is 13.1. The van der Waals surface area contributed by atoms with Crippen molar-refractivity contribution in [3.63, 3.8) is 0 Å². The SMILES string of the molecule is Cc1nc2c(Cl)cc(-c3noc(-c4ccc(OC(C)C(F)(F)F)c(C(F)(F)F)c4)n3)cc2[nH]1.Cl. The molecule has 0 saturated carbocycles. The van der Waals surface area contributed by atoms with E-state index in [1.165, 1.54) is 6.07 Å². The maximum absolute atomic E-state index is 13.5. The molecule has 0 amide bonds. The fourth-order valence-electron chi connectivity index (χ4n) is 3.03. The Labute approximate surface area is 198 Å². The molecule has 1 atom stereocenters. The molecule has 0 radical (unpaired) electrons. The molecule has 2 aromatic carbocycles. The van der Waals surface area contributed by atoms with Crippen LogP contribution in [0.2, 0.25) is 5.02 Å².